The van der Waals surface area contributed by atoms with Crippen molar-refractivity contribution in [3.8, 4) is 5.88 Å². The number of nitrogens with zero attached hydrogens (tertiary/aromatic N) is 2. The fraction of sp³-hybridized carbons (Fsp3) is 0.450. The number of carbonyl (C=O) groups excluding carboxylic acids is 1. The van der Waals surface area contributed by atoms with E-state index < -0.39 is 0 Å². The van der Waals surface area contributed by atoms with Crippen LogP contribution in [0.4, 0.5) is 5.69 Å². The zero-order valence-corrected chi connectivity index (χ0v) is 15.1. The van der Waals surface area contributed by atoms with Gasteiger partial charge in [0.15, 0.2) is 0 Å². The van der Waals surface area contributed by atoms with E-state index in [2.05, 4.69) is 22.2 Å². The molecule has 1 fully saturated rings. The summed E-state index contributed by atoms with van der Waals surface area (Å²) < 4.78 is 5.64. The predicted octanol–water partition coefficient (Wildman–Crippen LogP) is 3.34. The Morgan fingerprint density at radius 3 is 2.73 bits per heavy atom. The van der Waals surface area contributed by atoms with E-state index in [1.807, 2.05) is 12.1 Å². The molecule has 26 heavy (non-hydrogen) atoms. The topological polar surface area (TPSA) is 90.1 Å². The van der Waals surface area contributed by atoms with Crippen LogP contribution in [0.1, 0.15) is 54.9 Å². The van der Waals surface area contributed by atoms with Gasteiger partial charge < -0.3 is 15.8 Å². The Labute approximate surface area is 154 Å². The van der Waals surface area contributed by atoms with Crippen LogP contribution in [0, 0.1) is 5.92 Å². The average molecular weight is 354 g/mol. The van der Waals surface area contributed by atoms with E-state index >= 15 is 0 Å². The number of rotatable bonds is 6. The molecule has 2 aromatic rings. The van der Waals surface area contributed by atoms with Gasteiger partial charge in [-0.15, -0.1) is 0 Å². The van der Waals surface area contributed by atoms with Gasteiger partial charge in [0.1, 0.15) is 6.61 Å². The minimum Gasteiger partial charge on any atom is -0.471 e. The highest BCUT2D eigenvalue weighted by atomic mass is 16.5. The van der Waals surface area contributed by atoms with Crippen LogP contribution < -0.4 is 15.8 Å². The number of ether oxygens (including phenoxy) is 1. The first kappa shape index (κ1) is 18.2. The van der Waals surface area contributed by atoms with E-state index in [1.54, 1.807) is 18.5 Å². The lowest BCUT2D eigenvalue weighted by Crippen LogP contribution is -2.38. The van der Waals surface area contributed by atoms with Crippen molar-refractivity contribution in [1.29, 1.82) is 0 Å². The third kappa shape index (κ3) is 4.71. The SMILES string of the molecule is C[C@@H](NC(=O)c1cnc(OCc2ccncc2)c(N)c1)C1CCCCC1. The fourth-order valence-corrected chi connectivity index (χ4v) is 3.39. The van der Waals surface area contributed by atoms with Crippen molar-refractivity contribution < 1.29 is 9.53 Å². The molecule has 0 unspecified atom stereocenters. The number of hydrogen-bond donors (Lipinski definition) is 2. The maximum Gasteiger partial charge on any atom is 0.253 e. The second-order valence-electron chi connectivity index (χ2n) is 6.92. The number of aromatic nitrogens is 2. The Balaban J connectivity index is 1.58. The number of nitrogens with two attached hydrogens (primary N) is 1. The summed E-state index contributed by atoms with van der Waals surface area (Å²) in [5.74, 6) is 0.752. The summed E-state index contributed by atoms with van der Waals surface area (Å²) in [7, 11) is 0. The molecule has 1 amide bonds. The lowest BCUT2D eigenvalue weighted by Gasteiger charge is -2.28. The highest BCUT2D eigenvalue weighted by Crippen LogP contribution is 2.26. The summed E-state index contributed by atoms with van der Waals surface area (Å²) in [6.07, 6.45) is 11.1. The Hall–Kier alpha value is -2.63. The molecule has 6 nitrogen and oxygen atoms in total. The molecule has 1 aliphatic carbocycles. The maximum absolute atomic E-state index is 12.5. The third-order valence-electron chi connectivity index (χ3n) is 4.98. The molecule has 1 saturated carbocycles. The van der Waals surface area contributed by atoms with Gasteiger partial charge in [-0.3, -0.25) is 9.78 Å². The number of pyridine rings is 2. The van der Waals surface area contributed by atoms with Gasteiger partial charge >= 0.3 is 0 Å². The van der Waals surface area contributed by atoms with E-state index in [0.717, 1.165) is 5.56 Å². The highest BCUT2D eigenvalue weighted by molar-refractivity contribution is 5.95. The van der Waals surface area contributed by atoms with Crippen molar-refractivity contribution in [1.82, 2.24) is 15.3 Å². The molecule has 0 aliphatic heterocycles. The van der Waals surface area contributed by atoms with Gasteiger partial charge in [0.25, 0.3) is 5.91 Å². The molecule has 0 saturated heterocycles. The average Bonchev–Trinajstić information content (AvgIpc) is 2.68. The van der Waals surface area contributed by atoms with Crippen LogP contribution >= 0.6 is 0 Å². The first-order valence-corrected chi connectivity index (χ1v) is 9.21. The number of nitrogens with one attached hydrogen (secondary N) is 1. The van der Waals surface area contributed by atoms with E-state index in [4.69, 9.17) is 10.5 Å². The van der Waals surface area contributed by atoms with Gasteiger partial charge in [0.05, 0.1) is 11.3 Å². The number of nitrogen functional groups attached to an aromatic ring is 1. The zero-order valence-electron chi connectivity index (χ0n) is 15.1. The second-order valence-corrected chi connectivity index (χ2v) is 6.92. The maximum atomic E-state index is 12.5. The minimum atomic E-state index is -0.136. The summed E-state index contributed by atoms with van der Waals surface area (Å²) in [6, 6.07) is 5.51. The van der Waals surface area contributed by atoms with Crippen molar-refractivity contribution in [3.63, 3.8) is 0 Å². The van der Waals surface area contributed by atoms with Crippen LogP contribution in [0.25, 0.3) is 0 Å². The number of amides is 1. The summed E-state index contributed by atoms with van der Waals surface area (Å²) in [4.78, 5) is 20.7. The van der Waals surface area contributed by atoms with Crippen LogP contribution in [0.3, 0.4) is 0 Å². The molecule has 0 radical (unpaired) electrons. The number of anilines is 1. The Morgan fingerprint density at radius 2 is 2.04 bits per heavy atom. The molecule has 2 heterocycles. The molecule has 3 N–H and O–H groups in total. The molecular formula is C20H26N4O2. The third-order valence-corrected chi connectivity index (χ3v) is 4.98. The lowest BCUT2D eigenvalue weighted by atomic mass is 9.84. The largest absolute Gasteiger partial charge is 0.471 e. The molecule has 0 spiro atoms. The van der Waals surface area contributed by atoms with Crippen LogP contribution in [0.5, 0.6) is 5.88 Å². The van der Waals surface area contributed by atoms with Crippen molar-refractivity contribution in [2.45, 2.75) is 51.7 Å². The lowest BCUT2D eigenvalue weighted by molar-refractivity contribution is 0.0919. The molecule has 3 rings (SSSR count). The Bertz CT molecular complexity index is 730. The van der Waals surface area contributed by atoms with E-state index in [1.165, 1.54) is 38.3 Å². The zero-order chi connectivity index (χ0) is 18.4. The molecule has 2 aromatic heterocycles. The molecule has 138 valence electrons. The van der Waals surface area contributed by atoms with E-state index in [0.29, 0.717) is 29.7 Å². The minimum absolute atomic E-state index is 0.136. The summed E-state index contributed by atoms with van der Waals surface area (Å²) >= 11 is 0. The van der Waals surface area contributed by atoms with E-state index in [9.17, 15) is 4.79 Å². The summed E-state index contributed by atoms with van der Waals surface area (Å²) in [5, 5.41) is 3.09. The smallest absolute Gasteiger partial charge is 0.253 e. The van der Waals surface area contributed by atoms with Crippen molar-refractivity contribution in [2.75, 3.05) is 5.73 Å². The molecule has 0 bridgehead atoms. The fourth-order valence-electron chi connectivity index (χ4n) is 3.39. The predicted molar refractivity (Wildman–Crippen MR) is 101 cm³/mol. The van der Waals surface area contributed by atoms with Crippen molar-refractivity contribution in [3.05, 3.63) is 47.9 Å². The van der Waals surface area contributed by atoms with Gasteiger partial charge in [0.2, 0.25) is 5.88 Å². The molecule has 1 atom stereocenters. The molecule has 1 aliphatic rings. The number of carbonyl (C=O) groups is 1. The Morgan fingerprint density at radius 1 is 1.31 bits per heavy atom. The van der Waals surface area contributed by atoms with Crippen molar-refractivity contribution in [2.24, 2.45) is 5.92 Å². The normalized spacial score (nSPS) is 16.0. The first-order chi connectivity index (χ1) is 12.6. The van der Waals surface area contributed by atoms with Gasteiger partial charge in [-0.1, -0.05) is 19.3 Å². The molecule has 6 heteroatoms. The highest BCUT2D eigenvalue weighted by Gasteiger charge is 2.22. The summed E-state index contributed by atoms with van der Waals surface area (Å²) in [6.45, 7) is 2.43. The van der Waals surface area contributed by atoms with Gasteiger partial charge in [-0.25, -0.2) is 4.98 Å². The van der Waals surface area contributed by atoms with Crippen LogP contribution in [-0.2, 0) is 6.61 Å². The van der Waals surface area contributed by atoms with Gasteiger partial charge in [-0.05, 0) is 49.4 Å². The quantitative estimate of drug-likeness (QED) is 0.830. The van der Waals surface area contributed by atoms with Crippen molar-refractivity contribution >= 4 is 11.6 Å². The standard InChI is InChI=1S/C20H26N4O2/c1-14(16-5-3-2-4-6-16)24-19(25)17-11-18(21)20(23-12-17)26-13-15-7-9-22-10-8-15/h7-12,14,16H,2-6,13,21H2,1H3,(H,24,25)/t14-/m1/s1. The van der Waals surface area contributed by atoms with Crippen LogP contribution in [0.15, 0.2) is 36.8 Å². The number of hydrogen-bond acceptors (Lipinski definition) is 5. The first-order valence-electron chi connectivity index (χ1n) is 9.21. The van der Waals surface area contributed by atoms with Crippen LogP contribution in [-0.4, -0.2) is 21.9 Å². The van der Waals surface area contributed by atoms with Gasteiger partial charge in [0, 0.05) is 24.6 Å². The molecular weight excluding hydrogens is 328 g/mol. The Kier molecular flexibility index (Phi) is 6.04. The second kappa shape index (κ2) is 8.65. The summed E-state index contributed by atoms with van der Waals surface area (Å²) in [5.41, 5.74) is 7.81. The van der Waals surface area contributed by atoms with Crippen LogP contribution in [0.2, 0.25) is 0 Å². The monoisotopic (exact) mass is 354 g/mol. The van der Waals surface area contributed by atoms with E-state index in [-0.39, 0.29) is 11.9 Å². The molecule has 0 aromatic carbocycles. The van der Waals surface area contributed by atoms with Gasteiger partial charge in [-0.2, -0.15) is 0 Å².